The third-order valence-corrected chi connectivity index (χ3v) is 3.19. The van der Waals surface area contributed by atoms with Crippen LogP contribution in [0.5, 0.6) is 5.75 Å². The molecule has 3 aromatic rings. The Morgan fingerprint density at radius 1 is 1.00 bits per heavy atom. The smallest absolute Gasteiger partial charge is 0.410 e. The topological polar surface area (TPSA) is 47.4 Å². The van der Waals surface area contributed by atoms with Gasteiger partial charge in [0.15, 0.2) is 0 Å². The maximum Gasteiger partial charge on any atom is 0.420 e. The highest BCUT2D eigenvalue weighted by Gasteiger charge is 2.17. The van der Waals surface area contributed by atoms with Crippen molar-refractivity contribution in [3.8, 4) is 11.4 Å². The van der Waals surface area contributed by atoms with Crippen LogP contribution in [0.25, 0.3) is 5.69 Å². The second kappa shape index (κ2) is 6.13. The van der Waals surface area contributed by atoms with Gasteiger partial charge in [-0.15, -0.1) is 0 Å². The van der Waals surface area contributed by atoms with Gasteiger partial charge in [-0.05, 0) is 24.3 Å². The van der Waals surface area contributed by atoms with Crippen LogP contribution < -0.4 is 9.64 Å². The highest BCUT2D eigenvalue weighted by Crippen LogP contribution is 2.19. The van der Waals surface area contributed by atoms with Gasteiger partial charge >= 0.3 is 6.09 Å². The van der Waals surface area contributed by atoms with Crippen molar-refractivity contribution < 1.29 is 9.53 Å². The molecule has 0 saturated heterocycles. The van der Waals surface area contributed by atoms with Crippen molar-refractivity contribution in [2.24, 2.45) is 0 Å². The Bertz CT molecular complexity index is 754. The summed E-state index contributed by atoms with van der Waals surface area (Å²) in [7, 11) is 1.65. The molecule has 0 spiro atoms. The number of hydrogen-bond acceptors (Lipinski definition) is 3. The van der Waals surface area contributed by atoms with Gasteiger partial charge in [0, 0.05) is 13.1 Å². The van der Waals surface area contributed by atoms with E-state index >= 15 is 0 Å². The monoisotopic (exact) mass is 293 g/mol. The molecule has 0 aliphatic carbocycles. The van der Waals surface area contributed by atoms with E-state index < -0.39 is 6.09 Å². The maximum atomic E-state index is 12.3. The summed E-state index contributed by atoms with van der Waals surface area (Å²) in [5.74, 6) is 1.14. The maximum absolute atomic E-state index is 12.3. The molecule has 0 unspecified atom stereocenters. The molecule has 1 heterocycles. The lowest BCUT2D eigenvalue weighted by molar-refractivity contribution is 0.208. The molecule has 0 bridgehead atoms. The number of amides is 1. The number of ether oxygens (including phenoxy) is 1. The molecule has 22 heavy (non-hydrogen) atoms. The van der Waals surface area contributed by atoms with Crippen LogP contribution in [-0.2, 0) is 0 Å². The Balaban J connectivity index is 1.83. The number of para-hydroxylation sites is 2. The highest BCUT2D eigenvalue weighted by atomic mass is 16.6. The number of aromatic nitrogens is 2. The molecule has 1 amide bonds. The lowest BCUT2D eigenvalue weighted by atomic mass is 10.3. The van der Waals surface area contributed by atoms with Crippen molar-refractivity contribution >= 4 is 11.9 Å². The SMILES string of the molecule is CN(C(=O)Oc1ccccc1)c1ccnn1-c1ccccc1. The predicted octanol–water partition coefficient (Wildman–Crippen LogP) is 3.51. The molecule has 0 radical (unpaired) electrons. The van der Waals surface area contributed by atoms with Crippen molar-refractivity contribution in [1.29, 1.82) is 0 Å². The number of hydrogen-bond donors (Lipinski definition) is 0. The van der Waals surface area contributed by atoms with Crippen molar-refractivity contribution in [1.82, 2.24) is 9.78 Å². The first-order valence-corrected chi connectivity index (χ1v) is 6.86. The van der Waals surface area contributed by atoms with Gasteiger partial charge in [0.2, 0.25) is 0 Å². The van der Waals surface area contributed by atoms with Gasteiger partial charge in [0.05, 0.1) is 11.9 Å². The summed E-state index contributed by atoms with van der Waals surface area (Å²) in [5, 5.41) is 4.26. The summed E-state index contributed by atoms with van der Waals surface area (Å²) in [5.41, 5.74) is 0.877. The van der Waals surface area contributed by atoms with Crippen LogP contribution >= 0.6 is 0 Å². The summed E-state index contributed by atoms with van der Waals surface area (Å²) in [6, 6.07) is 20.4. The number of carbonyl (C=O) groups excluding carboxylic acids is 1. The van der Waals surface area contributed by atoms with Crippen molar-refractivity contribution in [2.45, 2.75) is 0 Å². The van der Waals surface area contributed by atoms with Gasteiger partial charge < -0.3 is 4.74 Å². The van der Waals surface area contributed by atoms with E-state index in [0.717, 1.165) is 5.69 Å². The average Bonchev–Trinajstić information content (AvgIpc) is 3.05. The minimum atomic E-state index is -0.469. The summed E-state index contributed by atoms with van der Waals surface area (Å²) >= 11 is 0. The Hall–Kier alpha value is -3.08. The second-order valence-corrected chi connectivity index (χ2v) is 4.68. The lowest BCUT2D eigenvalue weighted by Gasteiger charge is -2.18. The average molecular weight is 293 g/mol. The van der Waals surface area contributed by atoms with E-state index in [-0.39, 0.29) is 0 Å². The second-order valence-electron chi connectivity index (χ2n) is 4.68. The van der Waals surface area contributed by atoms with Crippen LogP contribution in [0.1, 0.15) is 0 Å². The van der Waals surface area contributed by atoms with Crippen LogP contribution in [-0.4, -0.2) is 22.9 Å². The van der Waals surface area contributed by atoms with Crippen molar-refractivity contribution in [3.63, 3.8) is 0 Å². The van der Waals surface area contributed by atoms with Crippen molar-refractivity contribution in [3.05, 3.63) is 72.9 Å². The molecule has 5 nitrogen and oxygen atoms in total. The molecule has 0 aliphatic heterocycles. The van der Waals surface area contributed by atoms with Gasteiger partial charge in [-0.25, -0.2) is 9.48 Å². The summed E-state index contributed by atoms with van der Waals surface area (Å²) in [4.78, 5) is 13.7. The fraction of sp³-hybridized carbons (Fsp3) is 0.0588. The van der Waals surface area contributed by atoms with E-state index in [2.05, 4.69) is 5.10 Å². The summed E-state index contributed by atoms with van der Waals surface area (Å²) in [6.07, 6.45) is 1.18. The number of carbonyl (C=O) groups is 1. The molecule has 0 saturated carbocycles. The quantitative estimate of drug-likeness (QED) is 0.742. The van der Waals surface area contributed by atoms with Gasteiger partial charge in [0.1, 0.15) is 11.6 Å². The molecule has 1 aromatic heterocycles. The summed E-state index contributed by atoms with van der Waals surface area (Å²) in [6.45, 7) is 0. The molecule has 0 aliphatic rings. The first kappa shape index (κ1) is 13.9. The first-order valence-electron chi connectivity index (χ1n) is 6.86. The van der Waals surface area contributed by atoms with Gasteiger partial charge in [-0.1, -0.05) is 36.4 Å². The van der Waals surface area contributed by atoms with Gasteiger partial charge in [-0.3, -0.25) is 4.90 Å². The Morgan fingerprint density at radius 2 is 1.64 bits per heavy atom. The molecular weight excluding hydrogens is 278 g/mol. The molecule has 0 N–H and O–H groups in total. The standard InChI is InChI=1S/C17H15N3O2/c1-19(17(21)22-15-10-6-3-7-11-15)16-12-13-18-20(16)14-8-4-2-5-9-14/h2-13H,1H3. The normalized spacial score (nSPS) is 10.2. The van der Waals surface area contributed by atoms with Gasteiger partial charge in [-0.2, -0.15) is 5.10 Å². The molecule has 0 fully saturated rings. The molecule has 110 valence electrons. The number of benzene rings is 2. The fourth-order valence-corrected chi connectivity index (χ4v) is 2.07. The number of nitrogens with zero attached hydrogens (tertiary/aromatic N) is 3. The van der Waals surface area contributed by atoms with E-state index in [1.165, 1.54) is 4.90 Å². The van der Waals surface area contributed by atoms with Crippen LogP contribution in [0.4, 0.5) is 10.6 Å². The van der Waals surface area contributed by atoms with Crippen molar-refractivity contribution in [2.75, 3.05) is 11.9 Å². The van der Waals surface area contributed by atoms with E-state index in [0.29, 0.717) is 11.6 Å². The van der Waals surface area contributed by atoms with Crippen LogP contribution in [0.2, 0.25) is 0 Å². The zero-order chi connectivity index (χ0) is 15.4. The van der Waals surface area contributed by atoms with E-state index in [9.17, 15) is 4.79 Å². The van der Waals surface area contributed by atoms with E-state index in [1.54, 1.807) is 36.1 Å². The van der Waals surface area contributed by atoms with Gasteiger partial charge in [0.25, 0.3) is 0 Å². The molecule has 0 atom stereocenters. The molecule has 5 heteroatoms. The zero-order valence-electron chi connectivity index (χ0n) is 12.1. The summed E-state index contributed by atoms with van der Waals surface area (Å²) < 4.78 is 7.02. The minimum absolute atomic E-state index is 0.469. The third-order valence-electron chi connectivity index (χ3n) is 3.19. The lowest BCUT2D eigenvalue weighted by Crippen LogP contribution is -2.31. The number of anilines is 1. The molecular formula is C17H15N3O2. The van der Waals surface area contributed by atoms with E-state index in [1.807, 2.05) is 48.5 Å². The zero-order valence-corrected chi connectivity index (χ0v) is 12.1. The largest absolute Gasteiger partial charge is 0.420 e. The molecule has 2 aromatic carbocycles. The van der Waals surface area contributed by atoms with Crippen LogP contribution in [0, 0.1) is 0 Å². The minimum Gasteiger partial charge on any atom is -0.410 e. The fourth-order valence-electron chi connectivity index (χ4n) is 2.07. The first-order chi connectivity index (χ1) is 10.8. The number of rotatable bonds is 3. The highest BCUT2D eigenvalue weighted by molar-refractivity contribution is 5.87. The van der Waals surface area contributed by atoms with E-state index in [4.69, 9.17) is 4.74 Å². The third kappa shape index (κ3) is 2.83. The Kier molecular flexibility index (Phi) is 3.87. The molecule has 3 rings (SSSR count). The Labute approximate surface area is 128 Å². The Morgan fingerprint density at radius 3 is 2.32 bits per heavy atom. The predicted molar refractivity (Wildman–Crippen MR) is 84.4 cm³/mol. The van der Waals surface area contributed by atoms with Crippen LogP contribution in [0.3, 0.4) is 0 Å². The van der Waals surface area contributed by atoms with Crippen LogP contribution in [0.15, 0.2) is 72.9 Å².